The summed E-state index contributed by atoms with van der Waals surface area (Å²) in [6, 6.07) is 8.37. The molecule has 2 fully saturated rings. The number of nitrogens with one attached hydrogen (secondary N) is 1. The van der Waals surface area contributed by atoms with E-state index in [0.29, 0.717) is 0 Å². The molecule has 0 aliphatic carbocycles. The second kappa shape index (κ2) is 14.0. The zero-order chi connectivity index (χ0) is 21.2. The topological polar surface area (TPSA) is 46.6 Å². The number of rotatable bonds is 7. The Hall–Kier alpha value is -1.26. The van der Waals surface area contributed by atoms with Crippen LogP contribution in [0.5, 0.6) is 5.75 Å². The molecule has 0 aromatic heterocycles. The van der Waals surface area contributed by atoms with Crippen LogP contribution in [0.25, 0.3) is 0 Å². The van der Waals surface area contributed by atoms with Gasteiger partial charge < -0.3 is 29.7 Å². The zero-order valence-electron chi connectivity index (χ0n) is 19.6. The highest BCUT2D eigenvalue weighted by Crippen LogP contribution is 2.20. The SMILES string of the molecule is CCNC(=NCCCN1CCCN(C)CC1)N1CCN(c2ccc(OC)cc2)CC1.I. The van der Waals surface area contributed by atoms with Crippen LogP contribution in [0.1, 0.15) is 19.8 Å². The van der Waals surface area contributed by atoms with Crippen molar-refractivity contribution >= 4 is 35.6 Å². The molecule has 0 atom stereocenters. The quantitative estimate of drug-likeness (QED) is 0.246. The van der Waals surface area contributed by atoms with Gasteiger partial charge in [-0.3, -0.25) is 4.99 Å². The number of guanidine groups is 1. The predicted molar refractivity (Wildman–Crippen MR) is 141 cm³/mol. The molecule has 0 spiro atoms. The van der Waals surface area contributed by atoms with Crippen molar-refractivity contribution in [3.05, 3.63) is 24.3 Å². The molecule has 7 nitrogen and oxygen atoms in total. The Morgan fingerprint density at radius 1 is 1.00 bits per heavy atom. The summed E-state index contributed by atoms with van der Waals surface area (Å²) in [6.45, 7) is 14.0. The standard InChI is InChI=1S/C23H40N6O.HI/c1-4-24-23(25-11-5-13-27-14-6-12-26(2)15-16-27)29-19-17-28(18-20-29)21-7-9-22(30-3)10-8-21;/h7-10H,4-6,11-20H2,1-3H3,(H,24,25);1H. The smallest absolute Gasteiger partial charge is 0.194 e. The molecule has 0 bridgehead atoms. The molecule has 31 heavy (non-hydrogen) atoms. The Bertz CT molecular complexity index is 648. The number of hydrogen-bond acceptors (Lipinski definition) is 5. The summed E-state index contributed by atoms with van der Waals surface area (Å²) in [5, 5.41) is 3.50. The lowest BCUT2D eigenvalue weighted by molar-refractivity contribution is 0.274. The molecule has 2 aliphatic heterocycles. The van der Waals surface area contributed by atoms with E-state index in [2.05, 4.69) is 51.0 Å². The van der Waals surface area contributed by atoms with Crippen molar-refractivity contribution < 1.29 is 4.74 Å². The Kier molecular flexibility index (Phi) is 11.7. The van der Waals surface area contributed by atoms with E-state index in [4.69, 9.17) is 9.73 Å². The van der Waals surface area contributed by atoms with Gasteiger partial charge >= 0.3 is 0 Å². The van der Waals surface area contributed by atoms with Crippen molar-refractivity contribution in [2.45, 2.75) is 19.8 Å². The number of aliphatic imine (C=N–C) groups is 1. The predicted octanol–water partition coefficient (Wildman–Crippen LogP) is 2.43. The highest BCUT2D eigenvalue weighted by Gasteiger charge is 2.20. The third-order valence-electron chi connectivity index (χ3n) is 6.06. The maximum atomic E-state index is 5.27. The van der Waals surface area contributed by atoms with Gasteiger partial charge in [0.15, 0.2) is 5.96 Å². The van der Waals surface area contributed by atoms with Crippen LogP contribution in [0.15, 0.2) is 29.3 Å². The monoisotopic (exact) mass is 544 g/mol. The third-order valence-corrected chi connectivity index (χ3v) is 6.06. The molecular weight excluding hydrogens is 503 g/mol. The highest BCUT2D eigenvalue weighted by molar-refractivity contribution is 14.0. The molecule has 176 valence electrons. The molecule has 0 unspecified atom stereocenters. The second-order valence-corrected chi connectivity index (χ2v) is 8.26. The van der Waals surface area contributed by atoms with E-state index in [-0.39, 0.29) is 24.0 Å². The number of likely N-dealkylation sites (N-methyl/N-ethyl adjacent to an activating group) is 1. The van der Waals surface area contributed by atoms with E-state index >= 15 is 0 Å². The van der Waals surface area contributed by atoms with Crippen LogP contribution >= 0.6 is 24.0 Å². The van der Waals surface area contributed by atoms with Crippen molar-refractivity contribution in [1.82, 2.24) is 20.0 Å². The van der Waals surface area contributed by atoms with Gasteiger partial charge in [-0.15, -0.1) is 24.0 Å². The van der Waals surface area contributed by atoms with Crippen molar-refractivity contribution in [2.75, 3.05) is 91.0 Å². The molecule has 0 amide bonds. The summed E-state index contributed by atoms with van der Waals surface area (Å²) in [7, 11) is 3.94. The van der Waals surface area contributed by atoms with Gasteiger partial charge in [-0.25, -0.2) is 0 Å². The van der Waals surface area contributed by atoms with Crippen LogP contribution in [0, 0.1) is 0 Å². The molecule has 0 saturated carbocycles. The van der Waals surface area contributed by atoms with E-state index in [9.17, 15) is 0 Å². The van der Waals surface area contributed by atoms with Crippen LogP contribution in [-0.4, -0.2) is 107 Å². The first-order valence-corrected chi connectivity index (χ1v) is 11.5. The average molecular weight is 545 g/mol. The van der Waals surface area contributed by atoms with Gasteiger partial charge in [0, 0.05) is 58.0 Å². The Morgan fingerprint density at radius 2 is 1.74 bits per heavy atom. The molecule has 1 aromatic rings. The molecule has 1 N–H and O–H groups in total. The second-order valence-electron chi connectivity index (χ2n) is 8.26. The Morgan fingerprint density at radius 3 is 2.42 bits per heavy atom. The summed E-state index contributed by atoms with van der Waals surface area (Å²) in [6.07, 6.45) is 2.41. The van der Waals surface area contributed by atoms with Gasteiger partial charge in [-0.2, -0.15) is 0 Å². The molecule has 2 saturated heterocycles. The number of ether oxygens (including phenoxy) is 1. The molecule has 3 rings (SSSR count). The lowest BCUT2D eigenvalue weighted by atomic mass is 10.2. The van der Waals surface area contributed by atoms with E-state index < -0.39 is 0 Å². The molecule has 8 heteroatoms. The zero-order valence-corrected chi connectivity index (χ0v) is 21.9. The van der Waals surface area contributed by atoms with E-state index in [1.165, 1.54) is 38.3 Å². The average Bonchev–Trinajstić information content (AvgIpc) is 3.00. The minimum absolute atomic E-state index is 0. The van der Waals surface area contributed by atoms with Crippen molar-refractivity contribution in [1.29, 1.82) is 0 Å². The summed E-state index contributed by atoms with van der Waals surface area (Å²) in [5.74, 6) is 1.98. The largest absolute Gasteiger partial charge is 0.497 e. The third kappa shape index (κ3) is 8.31. The van der Waals surface area contributed by atoms with Crippen molar-refractivity contribution in [3.63, 3.8) is 0 Å². The van der Waals surface area contributed by atoms with E-state index in [1.807, 2.05) is 12.1 Å². The fourth-order valence-electron chi connectivity index (χ4n) is 4.20. The number of benzene rings is 1. The lowest BCUT2D eigenvalue weighted by Crippen LogP contribution is -2.52. The lowest BCUT2D eigenvalue weighted by Gasteiger charge is -2.37. The van der Waals surface area contributed by atoms with Crippen LogP contribution in [0.3, 0.4) is 0 Å². The highest BCUT2D eigenvalue weighted by atomic mass is 127. The number of halogens is 1. The maximum absolute atomic E-state index is 5.27. The summed E-state index contributed by atoms with van der Waals surface area (Å²) in [4.78, 5) is 14.8. The number of nitrogens with zero attached hydrogens (tertiary/aromatic N) is 5. The van der Waals surface area contributed by atoms with Crippen molar-refractivity contribution in [3.8, 4) is 5.75 Å². The van der Waals surface area contributed by atoms with Crippen LogP contribution in [0.4, 0.5) is 5.69 Å². The van der Waals surface area contributed by atoms with E-state index in [1.54, 1.807) is 7.11 Å². The fourth-order valence-corrected chi connectivity index (χ4v) is 4.20. The normalized spacial score (nSPS) is 19.0. The summed E-state index contributed by atoms with van der Waals surface area (Å²) in [5.41, 5.74) is 1.26. The number of methoxy groups -OCH3 is 1. The van der Waals surface area contributed by atoms with Crippen molar-refractivity contribution in [2.24, 2.45) is 4.99 Å². The first kappa shape index (κ1) is 26.0. The molecule has 2 heterocycles. The van der Waals surface area contributed by atoms with Gasteiger partial charge in [0.1, 0.15) is 5.75 Å². The fraction of sp³-hybridized carbons (Fsp3) is 0.696. The number of anilines is 1. The van der Waals surface area contributed by atoms with E-state index in [0.717, 1.165) is 63.9 Å². The minimum Gasteiger partial charge on any atom is -0.497 e. The maximum Gasteiger partial charge on any atom is 0.194 e. The Labute approximate surface area is 205 Å². The molecule has 2 aliphatic rings. The summed E-state index contributed by atoms with van der Waals surface area (Å²) < 4.78 is 5.27. The number of hydrogen-bond donors (Lipinski definition) is 1. The van der Waals surface area contributed by atoms with Gasteiger partial charge in [0.25, 0.3) is 0 Å². The van der Waals surface area contributed by atoms with Gasteiger partial charge in [0.05, 0.1) is 7.11 Å². The van der Waals surface area contributed by atoms with Gasteiger partial charge in [-0.1, -0.05) is 0 Å². The van der Waals surface area contributed by atoms with Gasteiger partial charge in [0.2, 0.25) is 0 Å². The van der Waals surface area contributed by atoms with Crippen LogP contribution in [0.2, 0.25) is 0 Å². The molecule has 0 radical (unpaired) electrons. The minimum atomic E-state index is 0. The molecular formula is C23H41IN6O. The number of piperazine rings is 1. The first-order valence-electron chi connectivity index (χ1n) is 11.5. The molecule has 1 aromatic carbocycles. The summed E-state index contributed by atoms with van der Waals surface area (Å²) >= 11 is 0. The van der Waals surface area contributed by atoms with Crippen LogP contribution < -0.4 is 15.0 Å². The Balaban J connectivity index is 0.00000341. The van der Waals surface area contributed by atoms with Crippen LogP contribution in [-0.2, 0) is 0 Å². The van der Waals surface area contributed by atoms with Gasteiger partial charge in [-0.05, 0) is 70.7 Å². The first-order chi connectivity index (χ1) is 14.7.